The largest absolute Gasteiger partial charge is 0.461 e. The zero-order valence-electron chi connectivity index (χ0n) is 19.4. The maximum Gasteiger partial charge on any atom is 0.309 e. The van der Waals surface area contributed by atoms with Crippen LogP contribution in [-0.2, 0) is 31.0 Å². The highest BCUT2D eigenvalue weighted by Crippen LogP contribution is 2.36. The van der Waals surface area contributed by atoms with Crippen LogP contribution >= 0.6 is 0 Å². The second-order valence-corrected chi connectivity index (χ2v) is 11.1. The Morgan fingerprint density at radius 2 is 1.46 bits per heavy atom. The summed E-state index contributed by atoms with van der Waals surface area (Å²) >= 11 is 0. The van der Waals surface area contributed by atoms with E-state index in [1.54, 1.807) is 17.0 Å². The van der Waals surface area contributed by atoms with Crippen molar-refractivity contribution in [2.45, 2.75) is 24.3 Å². The number of carbonyl (C=O) groups is 2. The van der Waals surface area contributed by atoms with Crippen molar-refractivity contribution in [1.29, 1.82) is 0 Å². The van der Waals surface area contributed by atoms with Crippen molar-refractivity contribution in [2.75, 3.05) is 26.2 Å². The summed E-state index contributed by atoms with van der Waals surface area (Å²) in [5.41, 5.74) is 0.934. The highest BCUT2D eigenvalue weighted by atomic mass is 32.2. The number of benzene rings is 3. The number of fused-ring (bicyclic) bond motifs is 1. The van der Waals surface area contributed by atoms with Gasteiger partial charge in [0.05, 0.1) is 10.8 Å². The number of piperazine rings is 1. The molecule has 2 fully saturated rings. The van der Waals surface area contributed by atoms with Crippen LogP contribution in [0.1, 0.15) is 18.4 Å². The van der Waals surface area contributed by atoms with Crippen molar-refractivity contribution in [3.63, 3.8) is 0 Å². The lowest BCUT2D eigenvalue weighted by Gasteiger charge is -2.39. The lowest BCUT2D eigenvalue weighted by atomic mass is 9.74. The number of hydrogen-bond acceptors (Lipinski definition) is 5. The number of nitrogens with zero attached hydrogens (tertiary/aromatic N) is 2. The molecule has 1 heterocycles. The number of sulfonamides is 1. The summed E-state index contributed by atoms with van der Waals surface area (Å²) < 4.78 is 33.5. The maximum atomic E-state index is 13.3. The molecule has 1 aliphatic heterocycles. The molecule has 3 aromatic rings. The first-order valence-electron chi connectivity index (χ1n) is 11.9. The van der Waals surface area contributed by atoms with Gasteiger partial charge in [0, 0.05) is 37.5 Å². The number of amides is 1. The van der Waals surface area contributed by atoms with Crippen LogP contribution in [0.5, 0.6) is 0 Å². The third kappa shape index (κ3) is 4.81. The zero-order chi connectivity index (χ0) is 24.4. The molecule has 5 rings (SSSR count). The number of rotatable bonds is 6. The summed E-state index contributed by atoms with van der Waals surface area (Å²) in [6.45, 7) is 1.45. The van der Waals surface area contributed by atoms with Gasteiger partial charge in [-0.3, -0.25) is 9.59 Å². The van der Waals surface area contributed by atoms with E-state index in [0.717, 1.165) is 10.9 Å². The fourth-order valence-electron chi connectivity index (χ4n) is 4.83. The van der Waals surface area contributed by atoms with Gasteiger partial charge in [-0.1, -0.05) is 66.7 Å². The van der Waals surface area contributed by atoms with Crippen molar-refractivity contribution in [3.8, 4) is 0 Å². The fourth-order valence-corrected chi connectivity index (χ4v) is 6.46. The van der Waals surface area contributed by atoms with Gasteiger partial charge in [0.2, 0.25) is 15.9 Å². The Hall–Kier alpha value is -3.23. The average molecular weight is 493 g/mol. The van der Waals surface area contributed by atoms with Gasteiger partial charge < -0.3 is 9.64 Å². The van der Waals surface area contributed by atoms with E-state index in [1.807, 2.05) is 60.7 Å². The van der Waals surface area contributed by atoms with Crippen LogP contribution in [0, 0.1) is 11.8 Å². The highest BCUT2D eigenvalue weighted by molar-refractivity contribution is 7.89. The van der Waals surface area contributed by atoms with Crippen molar-refractivity contribution in [2.24, 2.45) is 11.8 Å². The molecule has 0 bridgehead atoms. The SMILES string of the molecule is O=C(OCc1ccccc1)C1CC(C(=O)N2CCN(S(=O)(=O)c3cccc4ccccc34)CC2)C1. The van der Waals surface area contributed by atoms with E-state index in [4.69, 9.17) is 4.74 Å². The van der Waals surface area contributed by atoms with Gasteiger partial charge in [0.25, 0.3) is 0 Å². The van der Waals surface area contributed by atoms with Crippen LogP contribution in [-0.4, -0.2) is 55.7 Å². The summed E-state index contributed by atoms with van der Waals surface area (Å²) in [5, 5.41) is 1.58. The van der Waals surface area contributed by atoms with Crippen molar-refractivity contribution < 1.29 is 22.7 Å². The molecule has 1 aliphatic carbocycles. The van der Waals surface area contributed by atoms with E-state index in [2.05, 4.69) is 0 Å². The van der Waals surface area contributed by atoms with E-state index < -0.39 is 10.0 Å². The second-order valence-electron chi connectivity index (χ2n) is 9.17. The standard InChI is InChI=1S/C27H28N2O5S/c30-26(22-17-23(18-22)27(31)34-19-20-7-2-1-3-8-20)28-13-15-29(16-14-28)35(32,33)25-12-6-10-21-9-4-5-11-24(21)25/h1-12,22-23H,13-19H2. The van der Waals surface area contributed by atoms with Crippen LogP contribution in [0.4, 0.5) is 0 Å². The minimum absolute atomic E-state index is 0.000631. The van der Waals surface area contributed by atoms with Crippen molar-refractivity contribution in [1.82, 2.24) is 9.21 Å². The average Bonchev–Trinajstić information content (AvgIpc) is 2.87. The Kier molecular flexibility index (Phi) is 6.58. The van der Waals surface area contributed by atoms with E-state index >= 15 is 0 Å². The van der Waals surface area contributed by atoms with Crippen LogP contribution in [0.2, 0.25) is 0 Å². The monoisotopic (exact) mass is 492 g/mol. The molecule has 0 radical (unpaired) electrons. The molecule has 8 heteroatoms. The Morgan fingerprint density at radius 3 is 2.20 bits per heavy atom. The molecule has 0 aromatic heterocycles. The normalized spacial score (nSPS) is 20.9. The van der Waals surface area contributed by atoms with E-state index in [-0.39, 0.29) is 43.4 Å². The van der Waals surface area contributed by atoms with E-state index in [9.17, 15) is 18.0 Å². The lowest BCUT2D eigenvalue weighted by molar-refractivity contribution is -0.158. The molecule has 7 nitrogen and oxygen atoms in total. The van der Waals surface area contributed by atoms with Gasteiger partial charge in [-0.15, -0.1) is 0 Å². The summed E-state index contributed by atoms with van der Waals surface area (Å²) in [6.07, 6.45) is 0.974. The van der Waals surface area contributed by atoms with Crippen LogP contribution in [0.25, 0.3) is 10.8 Å². The molecule has 35 heavy (non-hydrogen) atoms. The number of esters is 1. The smallest absolute Gasteiger partial charge is 0.309 e. The van der Waals surface area contributed by atoms with Crippen LogP contribution in [0.15, 0.2) is 77.7 Å². The van der Waals surface area contributed by atoms with Gasteiger partial charge in [0.15, 0.2) is 0 Å². The highest BCUT2D eigenvalue weighted by Gasteiger charge is 2.42. The molecule has 1 saturated carbocycles. The van der Waals surface area contributed by atoms with E-state index in [0.29, 0.717) is 36.2 Å². The Labute approximate surface area is 205 Å². The minimum atomic E-state index is -3.66. The molecule has 0 unspecified atom stereocenters. The van der Waals surface area contributed by atoms with Gasteiger partial charge in [-0.05, 0) is 29.9 Å². The van der Waals surface area contributed by atoms with Gasteiger partial charge in [-0.2, -0.15) is 4.31 Å². The molecule has 1 saturated heterocycles. The van der Waals surface area contributed by atoms with Crippen LogP contribution in [0.3, 0.4) is 0 Å². The first kappa shape index (κ1) is 23.5. The van der Waals surface area contributed by atoms with Crippen molar-refractivity contribution >= 4 is 32.7 Å². The zero-order valence-corrected chi connectivity index (χ0v) is 20.2. The molecule has 182 valence electrons. The minimum Gasteiger partial charge on any atom is -0.461 e. The predicted molar refractivity (Wildman–Crippen MR) is 132 cm³/mol. The van der Waals surface area contributed by atoms with E-state index in [1.165, 1.54) is 4.31 Å². The molecule has 0 atom stereocenters. The maximum absolute atomic E-state index is 13.3. The number of hydrogen-bond donors (Lipinski definition) is 0. The molecule has 0 N–H and O–H groups in total. The molecular weight excluding hydrogens is 464 g/mol. The van der Waals surface area contributed by atoms with Crippen molar-refractivity contribution in [3.05, 3.63) is 78.4 Å². The quantitative estimate of drug-likeness (QED) is 0.492. The molecule has 3 aromatic carbocycles. The number of ether oxygens (including phenoxy) is 1. The number of carbonyl (C=O) groups excluding carboxylic acids is 2. The first-order valence-corrected chi connectivity index (χ1v) is 13.3. The summed E-state index contributed by atoms with van der Waals surface area (Å²) in [6, 6.07) is 22.2. The molecular formula is C27H28N2O5S. The first-order chi connectivity index (χ1) is 16.9. The van der Waals surface area contributed by atoms with Gasteiger partial charge in [-0.25, -0.2) is 8.42 Å². The second kappa shape index (κ2) is 9.79. The Balaban J connectivity index is 1.13. The Bertz CT molecular complexity index is 1320. The summed E-state index contributed by atoms with van der Waals surface area (Å²) in [7, 11) is -3.66. The third-order valence-corrected chi connectivity index (χ3v) is 8.92. The van der Waals surface area contributed by atoms with Gasteiger partial charge in [0.1, 0.15) is 6.61 Å². The fraction of sp³-hybridized carbons (Fsp3) is 0.333. The Morgan fingerprint density at radius 1 is 0.800 bits per heavy atom. The third-order valence-electron chi connectivity index (χ3n) is 6.96. The van der Waals surface area contributed by atoms with Crippen LogP contribution < -0.4 is 0 Å². The predicted octanol–water partition coefficient (Wildman–Crippen LogP) is 3.44. The summed E-state index contributed by atoms with van der Waals surface area (Å²) in [4.78, 5) is 27.3. The topological polar surface area (TPSA) is 84.0 Å². The van der Waals surface area contributed by atoms with Gasteiger partial charge >= 0.3 is 5.97 Å². The lowest BCUT2D eigenvalue weighted by Crippen LogP contribution is -2.53. The molecule has 2 aliphatic rings. The summed E-state index contributed by atoms with van der Waals surface area (Å²) in [5.74, 6) is -0.714. The molecule has 1 amide bonds. The molecule has 0 spiro atoms.